The van der Waals surface area contributed by atoms with Crippen LogP contribution in [0.5, 0.6) is 11.5 Å². The number of rotatable bonds is 21. The lowest BCUT2D eigenvalue weighted by Crippen LogP contribution is -2.37. The number of nitrogens with one attached hydrogen (secondary N) is 2. The van der Waals surface area contributed by atoms with Gasteiger partial charge in [0.2, 0.25) is 17.8 Å². The fourth-order valence-electron chi connectivity index (χ4n) is 9.23. The molecule has 0 spiro atoms. The maximum Gasteiger partial charge on any atom is 0.251 e. The van der Waals surface area contributed by atoms with Crippen molar-refractivity contribution in [3.63, 3.8) is 0 Å². The van der Waals surface area contributed by atoms with E-state index in [0.29, 0.717) is 85.2 Å². The number of hydrogen-bond acceptors (Lipinski definition) is 12. The Morgan fingerprint density at radius 3 is 2.22 bits per heavy atom. The number of dihydropyridines is 2. The van der Waals surface area contributed by atoms with Crippen molar-refractivity contribution in [1.82, 2.24) is 19.8 Å². The van der Waals surface area contributed by atoms with Crippen LogP contribution in [0.1, 0.15) is 91.6 Å². The van der Waals surface area contributed by atoms with Crippen LogP contribution in [0.3, 0.4) is 0 Å². The lowest BCUT2D eigenvalue weighted by Gasteiger charge is -2.29. The van der Waals surface area contributed by atoms with Gasteiger partial charge in [-0.2, -0.15) is 0 Å². The number of methoxy groups -OCH3 is 1. The first kappa shape index (κ1) is 48.5. The van der Waals surface area contributed by atoms with Crippen molar-refractivity contribution in [2.24, 2.45) is 39.2 Å². The van der Waals surface area contributed by atoms with Gasteiger partial charge in [0.05, 0.1) is 32.4 Å². The number of carbonyl (C=O) groups is 4. The third-order valence-corrected chi connectivity index (χ3v) is 13.1. The summed E-state index contributed by atoms with van der Waals surface area (Å²) in [7, 11) is 1.53. The molecule has 1 aliphatic carbocycles. The minimum absolute atomic E-state index is 0.00400. The molecule has 4 aliphatic rings. The van der Waals surface area contributed by atoms with Gasteiger partial charge in [-0.3, -0.25) is 34.1 Å². The predicted octanol–water partition coefficient (Wildman–Crippen LogP) is 5.85. The van der Waals surface area contributed by atoms with E-state index in [1.165, 1.54) is 7.11 Å². The van der Waals surface area contributed by atoms with Crippen LogP contribution in [-0.4, -0.2) is 116 Å². The monoisotopic (exact) mass is 916 g/mol. The molecule has 3 aromatic rings. The second kappa shape index (κ2) is 22.4. The number of amides is 3. The summed E-state index contributed by atoms with van der Waals surface area (Å²) in [6, 6.07) is 6.75. The summed E-state index contributed by atoms with van der Waals surface area (Å²) in [5.74, 6) is 0.166. The fraction of sp³-hybridized carbons (Fsp3) is 0.471. The first-order chi connectivity index (χ1) is 32.4. The molecule has 0 saturated carbocycles. The van der Waals surface area contributed by atoms with Crippen molar-refractivity contribution >= 4 is 58.0 Å². The van der Waals surface area contributed by atoms with Crippen molar-refractivity contribution in [2.75, 3.05) is 71.5 Å². The number of primary amides is 2. The number of ether oxygens (including phenoxy) is 3. The number of morpholine rings is 1. The number of allylic oxidation sites excluding steroid dienone is 5. The van der Waals surface area contributed by atoms with E-state index < -0.39 is 11.8 Å². The molecule has 356 valence electrons. The zero-order valence-corrected chi connectivity index (χ0v) is 39.5. The highest BCUT2D eigenvalue weighted by Crippen LogP contribution is 2.38. The van der Waals surface area contributed by atoms with Crippen LogP contribution < -0.4 is 31.6 Å². The molecule has 3 atom stereocenters. The van der Waals surface area contributed by atoms with Gasteiger partial charge in [-0.25, -0.2) is 4.98 Å². The minimum atomic E-state index is -0.606. The number of Topliss-reactive ketones (excluding diaryl/α,β-unsaturated/α-hetero) is 1. The summed E-state index contributed by atoms with van der Waals surface area (Å²) in [4.78, 5) is 68.9. The van der Waals surface area contributed by atoms with Gasteiger partial charge >= 0.3 is 0 Å². The van der Waals surface area contributed by atoms with Gasteiger partial charge in [-0.05, 0) is 94.0 Å². The second-order valence-electron chi connectivity index (χ2n) is 17.7. The molecule has 0 bridgehead atoms. The third kappa shape index (κ3) is 11.8. The van der Waals surface area contributed by atoms with Crippen molar-refractivity contribution in [3.05, 3.63) is 87.7 Å². The molecule has 7 rings (SSSR count). The number of carbonyl (C=O) groups excluding carboxylic acids is 4. The molecule has 6 N–H and O–H groups in total. The average Bonchev–Trinajstić information content (AvgIpc) is 3.68. The number of benzene rings is 2. The number of nitrogens with two attached hydrogens (primary N) is 2. The molecule has 3 unspecified atom stereocenters. The lowest BCUT2D eigenvalue weighted by atomic mass is 9.83. The van der Waals surface area contributed by atoms with Crippen LogP contribution >= 0.6 is 0 Å². The van der Waals surface area contributed by atoms with Gasteiger partial charge in [0, 0.05) is 115 Å². The number of aliphatic imine (C=N–C) groups is 2. The van der Waals surface area contributed by atoms with Gasteiger partial charge in [-0.1, -0.05) is 26.0 Å². The molecule has 2 aromatic carbocycles. The van der Waals surface area contributed by atoms with Gasteiger partial charge in [0.25, 0.3) is 5.91 Å². The highest BCUT2D eigenvalue weighted by Gasteiger charge is 2.30. The number of ketones is 1. The number of nitrogens with zero attached hydrogens (tertiary/aromatic N) is 5. The molecule has 3 aliphatic heterocycles. The van der Waals surface area contributed by atoms with Crippen LogP contribution in [-0.2, 0) is 27.3 Å². The van der Waals surface area contributed by atoms with E-state index >= 15 is 0 Å². The highest BCUT2D eigenvalue weighted by molar-refractivity contribution is 6.06. The number of hydrogen-bond donors (Lipinski definition) is 4. The summed E-state index contributed by atoms with van der Waals surface area (Å²) < 4.78 is 19.7. The molecule has 16 nitrogen and oxygen atoms in total. The van der Waals surface area contributed by atoms with E-state index in [1.54, 1.807) is 24.3 Å². The second-order valence-corrected chi connectivity index (χ2v) is 17.7. The van der Waals surface area contributed by atoms with E-state index in [2.05, 4.69) is 45.4 Å². The maximum atomic E-state index is 14.1. The van der Waals surface area contributed by atoms with Gasteiger partial charge in [0.15, 0.2) is 5.78 Å². The van der Waals surface area contributed by atoms with Crippen LogP contribution in [0, 0.1) is 17.8 Å². The van der Waals surface area contributed by atoms with E-state index in [-0.39, 0.29) is 41.4 Å². The quantitative estimate of drug-likeness (QED) is 0.0739. The van der Waals surface area contributed by atoms with Crippen LogP contribution in [0.15, 0.2) is 75.4 Å². The summed E-state index contributed by atoms with van der Waals surface area (Å²) in [5.41, 5.74) is 18.9. The van der Waals surface area contributed by atoms with Gasteiger partial charge in [0.1, 0.15) is 17.0 Å². The molecule has 1 saturated heterocycles. The Kier molecular flexibility index (Phi) is 16.2. The largest absolute Gasteiger partial charge is 0.494 e. The minimum Gasteiger partial charge on any atom is -0.494 e. The molecule has 16 heteroatoms. The third-order valence-electron chi connectivity index (χ3n) is 13.1. The Bertz CT molecular complexity index is 2560. The summed E-state index contributed by atoms with van der Waals surface area (Å²) in [5, 5.41) is 6.67. The zero-order chi connectivity index (χ0) is 47.6. The molecule has 0 radical (unpaired) electrons. The maximum absolute atomic E-state index is 14.1. The standard InChI is InChI=1S/C51H65N9O7/c1-6-33-29-55-31(3)21-39(33)44(61)12-13-54-51-58-43-26-38(49(53)63)28-46(65-5)47(43)60(51)15-9-8-11-35-24-40-36(25-42(35)57-50(64)41-22-32(4)56-30-34(41)7-2)23-37(48(52)62)27-45(40)67-18-10-14-59-16-19-66-20-17-59/h8-9,21-23,25-28,33-35H,6-7,10-20,24,29-30H2,1-5H3,(H2,52,62)(H2,53,63)(H,54,58)(H,57,64)/b9-8+. The number of fused-ring (bicyclic) bond motifs is 2. The molecular weight excluding hydrogens is 851 g/mol. The van der Waals surface area contributed by atoms with E-state index in [9.17, 15) is 19.2 Å². The van der Waals surface area contributed by atoms with Crippen molar-refractivity contribution in [2.45, 2.75) is 72.8 Å². The Hall–Kier alpha value is -6.39. The van der Waals surface area contributed by atoms with Crippen molar-refractivity contribution in [1.29, 1.82) is 0 Å². The fourth-order valence-corrected chi connectivity index (χ4v) is 9.23. The molecule has 67 heavy (non-hydrogen) atoms. The highest BCUT2D eigenvalue weighted by atomic mass is 16.5. The normalized spacial score (nSPS) is 19.7. The molecule has 1 fully saturated rings. The summed E-state index contributed by atoms with van der Waals surface area (Å²) >= 11 is 0. The Balaban J connectivity index is 1.16. The molecular formula is C51H65N9O7. The first-order valence-electron chi connectivity index (χ1n) is 23.5. The van der Waals surface area contributed by atoms with Gasteiger partial charge < -0.3 is 40.9 Å². The molecule has 4 heterocycles. The zero-order valence-electron chi connectivity index (χ0n) is 39.5. The van der Waals surface area contributed by atoms with Crippen molar-refractivity contribution < 1.29 is 33.4 Å². The van der Waals surface area contributed by atoms with E-state index in [1.807, 2.05) is 42.7 Å². The lowest BCUT2D eigenvalue weighted by molar-refractivity contribution is -0.117. The predicted molar refractivity (Wildman–Crippen MR) is 262 cm³/mol. The average molecular weight is 916 g/mol. The van der Waals surface area contributed by atoms with E-state index in [4.69, 9.17) is 30.7 Å². The van der Waals surface area contributed by atoms with Crippen molar-refractivity contribution in [3.8, 4) is 11.5 Å². The first-order valence-corrected chi connectivity index (χ1v) is 23.5. The van der Waals surface area contributed by atoms with E-state index in [0.717, 1.165) is 85.9 Å². The smallest absolute Gasteiger partial charge is 0.251 e. The Morgan fingerprint density at radius 2 is 1.54 bits per heavy atom. The van der Waals surface area contributed by atoms with Crippen LogP contribution in [0.2, 0.25) is 0 Å². The topological polar surface area (TPSA) is 218 Å². The van der Waals surface area contributed by atoms with Crippen LogP contribution in [0.25, 0.3) is 17.1 Å². The number of anilines is 1. The molecule has 3 amide bonds. The number of imidazole rings is 1. The summed E-state index contributed by atoms with van der Waals surface area (Å²) in [6.45, 7) is 14.3. The Morgan fingerprint density at radius 1 is 0.866 bits per heavy atom. The van der Waals surface area contributed by atoms with Gasteiger partial charge in [-0.15, -0.1) is 0 Å². The molecule has 1 aromatic heterocycles. The SMILES string of the molecule is CCC1CN=C(C)C=C1C(=O)CCNc1nc2cc(C(N)=O)cc(OC)c2n1C/C=C/CC1Cc2c(cc(C(N)=O)cc2OCCCN2CCOCC2)C=C1NC(=O)C1=CC(C)=NCC1CC. The number of aromatic nitrogens is 2. The summed E-state index contributed by atoms with van der Waals surface area (Å²) in [6.07, 6.45) is 13.6. The Labute approximate surface area is 392 Å². The van der Waals surface area contributed by atoms with Crippen LogP contribution in [0.4, 0.5) is 5.95 Å².